The second-order valence-electron chi connectivity index (χ2n) is 6.45. The van der Waals surface area contributed by atoms with E-state index < -0.39 is 0 Å². The van der Waals surface area contributed by atoms with Gasteiger partial charge in [0, 0.05) is 43.6 Å². The zero-order chi connectivity index (χ0) is 14.6. The number of nitrogens with one attached hydrogen (secondary N) is 1. The highest BCUT2D eigenvalue weighted by atomic mass is 15.3. The van der Waals surface area contributed by atoms with Gasteiger partial charge < -0.3 is 5.32 Å². The summed E-state index contributed by atoms with van der Waals surface area (Å²) in [6, 6.07) is 4.84. The van der Waals surface area contributed by atoms with Gasteiger partial charge in [-0.25, -0.2) is 0 Å². The maximum absolute atomic E-state index is 4.25. The minimum Gasteiger partial charge on any atom is -0.308 e. The van der Waals surface area contributed by atoms with Crippen molar-refractivity contribution in [1.82, 2.24) is 15.2 Å². The van der Waals surface area contributed by atoms with Crippen LogP contribution in [0.5, 0.6) is 0 Å². The van der Waals surface area contributed by atoms with Crippen LogP contribution in [0.2, 0.25) is 0 Å². The first kappa shape index (κ1) is 15.5. The third-order valence-corrected chi connectivity index (χ3v) is 4.89. The second kappa shape index (κ2) is 6.68. The Hall–Kier alpha value is -0.930. The van der Waals surface area contributed by atoms with Crippen LogP contribution in [0.4, 0.5) is 0 Å². The quantitative estimate of drug-likeness (QED) is 0.895. The predicted molar refractivity (Wildman–Crippen MR) is 84.6 cm³/mol. The van der Waals surface area contributed by atoms with Crippen LogP contribution in [-0.4, -0.2) is 34.6 Å². The molecule has 1 aliphatic heterocycles. The summed E-state index contributed by atoms with van der Waals surface area (Å²) in [6.45, 7) is 12.5. The topological polar surface area (TPSA) is 28.2 Å². The van der Waals surface area contributed by atoms with Gasteiger partial charge in [-0.1, -0.05) is 33.8 Å². The van der Waals surface area contributed by atoms with Gasteiger partial charge in [-0.15, -0.1) is 0 Å². The number of piperazine rings is 1. The van der Waals surface area contributed by atoms with Crippen LogP contribution in [0.25, 0.3) is 0 Å². The fraction of sp³-hybridized carbons (Fsp3) is 0.706. The number of pyridine rings is 1. The number of hydrogen-bond acceptors (Lipinski definition) is 3. The minimum atomic E-state index is 0.285. The highest BCUT2D eigenvalue weighted by Gasteiger charge is 2.37. The molecule has 3 nitrogen and oxygen atoms in total. The standard InChI is InChI=1S/C17H29N3/c1-5-17(6-2)13-20(16(11-19-17)14(3)4)12-15-8-7-9-18-10-15/h7-10,14,16,19H,5-6,11-13H2,1-4H3. The predicted octanol–water partition coefficient (Wildman–Crippen LogP) is 3.07. The van der Waals surface area contributed by atoms with Crippen molar-refractivity contribution in [3.63, 3.8) is 0 Å². The molecule has 0 saturated carbocycles. The molecule has 112 valence electrons. The molecule has 1 unspecified atom stereocenters. The van der Waals surface area contributed by atoms with Crippen LogP contribution in [0.15, 0.2) is 24.5 Å². The minimum absolute atomic E-state index is 0.285. The van der Waals surface area contributed by atoms with Crippen molar-refractivity contribution in [2.75, 3.05) is 13.1 Å². The molecule has 2 heterocycles. The van der Waals surface area contributed by atoms with E-state index >= 15 is 0 Å². The molecule has 1 saturated heterocycles. The summed E-state index contributed by atoms with van der Waals surface area (Å²) in [5.74, 6) is 0.672. The number of nitrogens with zero attached hydrogens (tertiary/aromatic N) is 2. The molecule has 0 spiro atoms. The van der Waals surface area contributed by atoms with Crippen molar-refractivity contribution in [2.45, 2.75) is 58.7 Å². The monoisotopic (exact) mass is 275 g/mol. The summed E-state index contributed by atoms with van der Waals surface area (Å²) < 4.78 is 0. The largest absolute Gasteiger partial charge is 0.308 e. The van der Waals surface area contributed by atoms with E-state index in [9.17, 15) is 0 Å². The van der Waals surface area contributed by atoms with Gasteiger partial charge in [0.2, 0.25) is 0 Å². The Labute approximate surface area is 123 Å². The molecule has 2 rings (SSSR count). The summed E-state index contributed by atoms with van der Waals surface area (Å²) >= 11 is 0. The van der Waals surface area contributed by atoms with Gasteiger partial charge in [0.1, 0.15) is 0 Å². The summed E-state index contributed by atoms with van der Waals surface area (Å²) in [4.78, 5) is 6.91. The molecule has 1 fully saturated rings. The summed E-state index contributed by atoms with van der Waals surface area (Å²) in [5.41, 5.74) is 1.61. The van der Waals surface area contributed by atoms with Crippen molar-refractivity contribution in [1.29, 1.82) is 0 Å². The van der Waals surface area contributed by atoms with E-state index in [0.717, 1.165) is 19.6 Å². The first-order valence-corrected chi connectivity index (χ1v) is 7.98. The van der Waals surface area contributed by atoms with E-state index in [4.69, 9.17) is 0 Å². The fourth-order valence-electron chi connectivity index (χ4n) is 3.29. The van der Waals surface area contributed by atoms with Gasteiger partial charge in [0.25, 0.3) is 0 Å². The molecule has 0 radical (unpaired) electrons. The van der Waals surface area contributed by atoms with Crippen LogP contribution in [0, 0.1) is 5.92 Å². The lowest BCUT2D eigenvalue weighted by Crippen LogP contribution is -2.64. The molecule has 0 aromatic carbocycles. The summed E-state index contributed by atoms with van der Waals surface area (Å²) in [5, 5.41) is 3.82. The zero-order valence-electron chi connectivity index (χ0n) is 13.4. The van der Waals surface area contributed by atoms with Gasteiger partial charge in [-0.3, -0.25) is 9.88 Å². The molecular weight excluding hydrogens is 246 g/mol. The SMILES string of the molecule is CCC1(CC)CN(Cc2cccnc2)C(C(C)C)CN1. The van der Waals surface area contributed by atoms with Gasteiger partial charge in [0.05, 0.1) is 0 Å². The average Bonchev–Trinajstić information content (AvgIpc) is 2.48. The number of aromatic nitrogens is 1. The Bertz CT molecular complexity index is 398. The maximum atomic E-state index is 4.25. The first-order chi connectivity index (χ1) is 9.60. The molecule has 1 aromatic rings. The van der Waals surface area contributed by atoms with Gasteiger partial charge >= 0.3 is 0 Å². The summed E-state index contributed by atoms with van der Waals surface area (Å²) in [7, 11) is 0. The van der Waals surface area contributed by atoms with Crippen LogP contribution >= 0.6 is 0 Å². The molecule has 0 bridgehead atoms. The van der Waals surface area contributed by atoms with E-state index in [1.807, 2.05) is 18.5 Å². The van der Waals surface area contributed by atoms with Crippen LogP contribution < -0.4 is 5.32 Å². The third-order valence-electron chi connectivity index (χ3n) is 4.89. The van der Waals surface area contributed by atoms with Crippen LogP contribution in [-0.2, 0) is 6.54 Å². The molecule has 20 heavy (non-hydrogen) atoms. The molecule has 1 aromatic heterocycles. The van der Waals surface area contributed by atoms with Crippen molar-refractivity contribution < 1.29 is 0 Å². The molecule has 1 aliphatic rings. The van der Waals surface area contributed by atoms with E-state index in [-0.39, 0.29) is 5.54 Å². The first-order valence-electron chi connectivity index (χ1n) is 7.98. The van der Waals surface area contributed by atoms with E-state index in [0.29, 0.717) is 12.0 Å². The molecule has 3 heteroatoms. The Morgan fingerprint density at radius 3 is 2.70 bits per heavy atom. The Morgan fingerprint density at radius 1 is 1.40 bits per heavy atom. The Kier molecular flexibility index (Phi) is 5.17. The zero-order valence-corrected chi connectivity index (χ0v) is 13.4. The Morgan fingerprint density at radius 2 is 2.15 bits per heavy atom. The molecule has 0 amide bonds. The molecular formula is C17H29N3. The highest BCUT2D eigenvalue weighted by molar-refractivity contribution is 5.10. The van der Waals surface area contributed by atoms with Crippen LogP contribution in [0.1, 0.15) is 46.1 Å². The van der Waals surface area contributed by atoms with Gasteiger partial charge in [-0.05, 0) is 30.4 Å². The van der Waals surface area contributed by atoms with Crippen molar-refractivity contribution in [3.05, 3.63) is 30.1 Å². The fourth-order valence-corrected chi connectivity index (χ4v) is 3.29. The van der Waals surface area contributed by atoms with E-state index in [1.54, 1.807) is 0 Å². The van der Waals surface area contributed by atoms with Gasteiger partial charge in [-0.2, -0.15) is 0 Å². The van der Waals surface area contributed by atoms with E-state index in [2.05, 4.69) is 49.0 Å². The molecule has 1 atom stereocenters. The lowest BCUT2D eigenvalue weighted by molar-refractivity contribution is 0.0442. The number of hydrogen-bond donors (Lipinski definition) is 1. The lowest BCUT2D eigenvalue weighted by atomic mass is 9.86. The number of rotatable bonds is 5. The van der Waals surface area contributed by atoms with E-state index in [1.165, 1.54) is 18.4 Å². The summed E-state index contributed by atoms with van der Waals surface area (Å²) in [6.07, 6.45) is 6.23. The van der Waals surface area contributed by atoms with Gasteiger partial charge in [0.15, 0.2) is 0 Å². The lowest BCUT2D eigenvalue weighted by Gasteiger charge is -2.49. The van der Waals surface area contributed by atoms with Crippen molar-refractivity contribution in [2.24, 2.45) is 5.92 Å². The average molecular weight is 275 g/mol. The molecule has 0 aliphatic carbocycles. The highest BCUT2D eigenvalue weighted by Crippen LogP contribution is 2.26. The smallest absolute Gasteiger partial charge is 0.0312 e. The molecule has 1 N–H and O–H groups in total. The maximum Gasteiger partial charge on any atom is 0.0312 e. The third kappa shape index (κ3) is 3.39. The Balaban J connectivity index is 2.15. The van der Waals surface area contributed by atoms with Crippen molar-refractivity contribution in [3.8, 4) is 0 Å². The normalized spacial score (nSPS) is 23.1. The van der Waals surface area contributed by atoms with Crippen molar-refractivity contribution >= 4 is 0 Å². The van der Waals surface area contributed by atoms with Crippen LogP contribution in [0.3, 0.4) is 0 Å². The second-order valence-corrected chi connectivity index (χ2v) is 6.45.